The van der Waals surface area contributed by atoms with Crippen LogP contribution in [0.5, 0.6) is 0 Å². The minimum Gasteiger partial charge on any atom is -0.340 e. The lowest BCUT2D eigenvalue weighted by molar-refractivity contribution is 0.913. The molecule has 5 heteroatoms. The van der Waals surface area contributed by atoms with Gasteiger partial charge in [0.2, 0.25) is 0 Å². The van der Waals surface area contributed by atoms with E-state index in [1.165, 1.54) is 6.33 Å². The molecule has 0 saturated heterocycles. The smallest absolute Gasteiger partial charge is 0.175 e. The van der Waals surface area contributed by atoms with Gasteiger partial charge in [-0.15, -0.1) is 0 Å². The first-order chi connectivity index (χ1) is 5.36. The second-order valence-electron chi connectivity index (χ2n) is 2.26. The topological polar surface area (TPSA) is 59.4 Å². The van der Waals surface area contributed by atoms with Crippen molar-refractivity contribution in [2.75, 3.05) is 0 Å². The molecule has 0 fully saturated rings. The van der Waals surface area contributed by atoms with Crippen molar-refractivity contribution in [3.63, 3.8) is 0 Å². The van der Waals surface area contributed by atoms with Gasteiger partial charge in [-0.05, 0) is 0 Å². The Morgan fingerprint density at radius 2 is 2.36 bits per heavy atom. The maximum absolute atomic E-state index is 4.09. The Morgan fingerprint density at radius 1 is 1.45 bits per heavy atom. The summed E-state index contributed by atoms with van der Waals surface area (Å²) in [5.41, 5.74) is 0.810. The molecule has 0 aromatic carbocycles. The maximum Gasteiger partial charge on any atom is 0.175 e. The van der Waals surface area contributed by atoms with Crippen molar-refractivity contribution >= 4 is 0 Å². The number of rotatable bonds is 1. The normalized spacial score (nSPS) is 10.3. The van der Waals surface area contributed by atoms with E-state index in [9.17, 15) is 0 Å². The molecule has 11 heavy (non-hydrogen) atoms. The molecular weight excluding hydrogens is 142 g/mol. The van der Waals surface area contributed by atoms with E-state index in [2.05, 4.69) is 20.2 Å². The van der Waals surface area contributed by atoms with E-state index in [0.29, 0.717) is 5.82 Å². The van der Waals surface area contributed by atoms with Gasteiger partial charge in [0.25, 0.3) is 0 Å². The van der Waals surface area contributed by atoms with Crippen LogP contribution in [-0.2, 0) is 7.05 Å². The first-order valence-electron chi connectivity index (χ1n) is 3.20. The third-order valence-corrected chi connectivity index (χ3v) is 1.36. The Morgan fingerprint density at radius 3 is 2.91 bits per heavy atom. The van der Waals surface area contributed by atoms with E-state index in [1.54, 1.807) is 6.33 Å². The first kappa shape index (κ1) is 6.09. The molecule has 0 spiro atoms. The standard InChI is InChI=1S/C6H7N5/c1-11-2-5(8-4-11)6-7-3-9-10-6/h2-4H,1H3,(H,7,9,10). The van der Waals surface area contributed by atoms with Crippen LogP contribution in [0.4, 0.5) is 0 Å². The number of aromatic amines is 1. The Kier molecular flexibility index (Phi) is 1.21. The number of imidazole rings is 1. The summed E-state index contributed by atoms with van der Waals surface area (Å²) in [5.74, 6) is 0.700. The van der Waals surface area contributed by atoms with E-state index in [1.807, 2.05) is 17.8 Å². The number of H-pyrrole nitrogens is 1. The summed E-state index contributed by atoms with van der Waals surface area (Å²) in [5, 5.41) is 6.45. The third-order valence-electron chi connectivity index (χ3n) is 1.36. The molecule has 0 radical (unpaired) electrons. The van der Waals surface area contributed by atoms with Crippen LogP contribution in [0.25, 0.3) is 11.5 Å². The summed E-state index contributed by atoms with van der Waals surface area (Å²) >= 11 is 0. The van der Waals surface area contributed by atoms with Gasteiger partial charge >= 0.3 is 0 Å². The van der Waals surface area contributed by atoms with Crippen molar-refractivity contribution in [2.45, 2.75) is 0 Å². The van der Waals surface area contributed by atoms with Gasteiger partial charge in [0.05, 0.1) is 6.33 Å². The number of aryl methyl sites for hydroxylation is 1. The molecule has 2 heterocycles. The van der Waals surface area contributed by atoms with Crippen molar-refractivity contribution in [1.82, 2.24) is 24.7 Å². The van der Waals surface area contributed by atoms with E-state index in [0.717, 1.165) is 5.69 Å². The van der Waals surface area contributed by atoms with E-state index in [-0.39, 0.29) is 0 Å². The fraction of sp³-hybridized carbons (Fsp3) is 0.167. The van der Waals surface area contributed by atoms with E-state index >= 15 is 0 Å². The molecule has 0 saturated carbocycles. The van der Waals surface area contributed by atoms with Gasteiger partial charge in [0.15, 0.2) is 5.82 Å². The zero-order valence-electron chi connectivity index (χ0n) is 6.02. The first-order valence-corrected chi connectivity index (χ1v) is 3.20. The average Bonchev–Trinajstić information content (AvgIpc) is 2.55. The molecule has 0 unspecified atom stereocenters. The predicted molar refractivity (Wildman–Crippen MR) is 38.6 cm³/mol. The molecule has 0 atom stereocenters. The van der Waals surface area contributed by atoms with E-state index in [4.69, 9.17) is 0 Å². The zero-order chi connectivity index (χ0) is 7.68. The molecule has 0 aliphatic carbocycles. The zero-order valence-corrected chi connectivity index (χ0v) is 6.02. The SMILES string of the molecule is Cn1cnc(-c2ncn[nH]2)c1. The van der Waals surface area contributed by atoms with Crippen molar-refractivity contribution < 1.29 is 0 Å². The molecular formula is C6H7N5. The van der Waals surface area contributed by atoms with Crippen LogP contribution in [0.15, 0.2) is 18.9 Å². The van der Waals surface area contributed by atoms with Crippen LogP contribution in [-0.4, -0.2) is 24.7 Å². The van der Waals surface area contributed by atoms with Gasteiger partial charge < -0.3 is 4.57 Å². The van der Waals surface area contributed by atoms with Gasteiger partial charge in [-0.1, -0.05) is 0 Å². The van der Waals surface area contributed by atoms with Gasteiger partial charge in [-0.2, -0.15) is 5.10 Å². The molecule has 1 N–H and O–H groups in total. The van der Waals surface area contributed by atoms with Gasteiger partial charge in [-0.25, -0.2) is 9.97 Å². The van der Waals surface area contributed by atoms with Crippen LogP contribution < -0.4 is 0 Å². The van der Waals surface area contributed by atoms with Crippen LogP contribution in [0.3, 0.4) is 0 Å². The third kappa shape index (κ3) is 1.000. The Hall–Kier alpha value is -1.65. The summed E-state index contributed by atoms with van der Waals surface area (Å²) < 4.78 is 1.86. The Balaban J connectivity index is 2.45. The number of hydrogen-bond acceptors (Lipinski definition) is 3. The van der Waals surface area contributed by atoms with Gasteiger partial charge in [0.1, 0.15) is 12.0 Å². The highest BCUT2D eigenvalue weighted by atomic mass is 15.2. The highest BCUT2D eigenvalue weighted by Gasteiger charge is 2.01. The number of nitrogens with zero attached hydrogens (tertiary/aromatic N) is 4. The maximum atomic E-state index is 4.09. The van der Waals surface area contributed by atoms with Crippen molar-refractivity contribution in [2.24, 2.45) is 7.05 Å². The molecule has 2 aromatic heterocycles. The van der Waals surface area contributed by atoms with Crippen molar-refractivity contribution in [1.29, 1.82) is 0 Å². The molecule has 0 bridgehead atoms. The highest BCUT2D eigenvalue weighted by Crippen LogP contribution is 2.07. The molecule has 0 aliphatic rings. The van der Waals surface area contributed by atoms with E-state index < -0.39 is 0 Å². The Bertz CT molecular complexity index is 333. The lowest BCUT2D eigenvalue weighted by atomic mass is 10.5. The van der Waals surface area contributed by atoms with Crippen LogP contribution in [0, 0.1) is 0 Å². The van der Waals surface area contributed by atoms with Gasteiger partial charge in [0, 0.05) is 13.2 Å². The summed E-state index contributed by atoms with van der Waals surface area (Å²) in [4.78, 5) is 8.04. The molecule has 56 valence electrons. The highest BCUT2D eigenvalue weighted by molar-refractivity contribution is 5.45. The van der Waals surface area contributed by atoms with Crippen LogP contribution in [0.1, 0.15) is 0 Å². The van der Waals surface area contributed by atoms with Gasteiger partial charge in [-0.3, -0.25) is 5.10 Å². The van der Waals surface area contributed by atoms with Crippen LogP contribution >= 0.6 is 0 Å². The lowest BCUT2D eigenvalue weighted by Gasteiger charge is -1.84. The molecule has 0 aliphatic heterocycles. The quantitative estimate of drug-likeness (QED) is 0.630. The monoisotopic (exact) mass is 149 g/mol. The molecule has 2 rings (SSSR count). The number of aromatic nitrogens is 5. The second-order valence-corrected chi connectivity index (χ2v) is 2.26. The molecule has 2 aromatic rings. The summed E-state index contributed by atoms with van der Waals surface area (Å²) in [6.07, 6.45) is 5.06. The largest absolute Gasteiger partial charge is 0.340 e. The number of hydrogen-bond donors (Lipinski definition) is 1. The summed E-state index contributed by atoms with van der Waals surface area (Å²) in [6.45, 7) is 0. The lowest BCUT2D eigenvalue weighted by Crippen LogP contribution is -1.80. The van der Waals surface area contributed by atoms with Crippen molar-refractivity contribution in [3.8, 4) is 11.5 Å². The minimum atomic E-state index is 0.700. The van der Waals surface area contributed by atoms with Crippen molar-refractivity contribution in [3.05, 3.63) is 18.9 Å². The average molecular weight is 149 g/mol. The fourth-order valence-corrected chi connectivity index (χ4v) is 0.864. The Labute approximate surface area is 63.1 Å². The summed E-state index contributed by atoms with van der Waals surface area (Å²) in [6, 6.07) is 0. The van der Waals surface area contributed by atoms with Crippen LogP contribution in [0.2, 0.25) is 0 Å². The predicted octanol–water partition coefficient (Wildman–Crippen LogP) is 0.205. The fourth-order valence-electron chi connectivity index (χ4n) is 0.864. The molecule has 0 amide bonds. The molecule has 5 nitrogen and oxygen atoms in total. The summed E-state index contributed by atoms with van der Waals surface area (Å²) in [7, 11) is 1.91. The second kappa shape index (κ2) is 2.19. The minimum absolute atomic E-state index is 0.700. The number of nitrogens with one attached hydrogen (secondary N) is 1.